The summed E-state index contributed by atoms with van der Waals surface area (Å²) in [7, 11) is 2.02. The third-order valence-corrected chi connectivity index (χ3v) is 3.78. The largest absolute Gasteiger partial charge is 0.475 e. The first-order valence-electron chi connectivity index (χ1n) is 7.06. The minimum Gasteiger partial charge on any atom is -0.475 e. The van der Waals surface area contributed by atoms with Gasteiger partial charge in [0, 0.05) is 19.1 Å². The first kappa shape index (κ1) is 14.3. The van der Waals surface area contributed by atoms with E-state index in [-0.39, 0.29) is 12.0 Å². The molecule has 3 nitrogen and oxygen atoms in total. The molecule has 0 aromatic heterocycles. The van der Waals surface area contributed by atoms with Gasteiger partial charge in [0.25, 0.3) is 0 Å². The molecule has 1 heterocycles. The molecule has 0 aliphatic carbocycles. The van der Waals surface area contributed by atoms with Crippen molar-refractivity contribution in [3.8, 4) is 5.75 Å². The summed E-state index contributed by atoms with van der Waals surface area (Å²) < 4.78 is 18.8. The van der Waals surface area contributed by atoms with E-state index in [1.807, 2.05) is 7.05 Å². The van der Waals surface area contributed by atoms with Crippen LogP contribution >= 0.6 is 0 Å². The summed E-state index contributed by atoms with van der Waals surface area (Å²) in [5.74, 6) is 0.513. The third kappa shape index (κ3) is 3.91. The molecule has 1 aliphatic heterocycles. The first-order valence-corrected chi connectivity index (χ1v) is 7.06. The van der Waals surface area contributed by atoms with Crippen LogP contribution in [-0.2, 0) is 0 Å². The molecule has 0 spiro atoms. The van der Waals surface area contributed by atoms with Gasteiger partial charge in [-0.3, -0.25) is 4.90 Å². The summed E-state index contributed by atoms with van der Waals surface area (Å²) in [6.45, 7) is 4.22. The number of likely N-dealkylation sites (tertiary alicyclic amines) is 1. The number of hydrogen-bond donors (Lipinski definition) is 1. The number of nitrogens with one attached hydrogen (secondary N) is 1. The van der Waals surface area contributed by atoms with Crippen molar-refractivity contribution in [2.24, 2.45) is 0 Å². The van der Waals surface area contributed by atoms with Gasteiger partial charge in [-0.1, -0.05) is 6.92 Å². The molecular weight excluding hydrogens is 243 g/mol. The molecule has 1 aromatic carbocycles. The van der Waals surface area contributed by atoms with Gasteiger partial charge in [-0.25, -0.2) is 4.39 Å². The van der Waals surface area contributed by atoms with E-state index in [4.69, 9.17) is 4.74 Å². The van der Waals surface area contributed by atoms with E-state index in [1.165, 1.54) is 12.1 Å². The maximum atomic E-state index is 12.9. The van der Waals surface area contributed by atoms with Crippen molar-refractivity contribution in [3.63, 3.8) is 0 Å². The van der Waals surface area contributed by atoms with Gasteiger partial charge in [0.1, 0.15) is 11.6 Å². The Hall–Kier alpha value is -1.13. The quantitative estimate of drug-likeness (QED) is 0.886. The highest BCUT2D eigenvalue weighted by molar-refractivity contribution is 5.22. The number of rotatable bonds is 5. The Balaban J connectivity index is 1.91. The molecule has 2 rings (SSSR count). The fourth-order valence-corrected chi connectivity index (χ4v) is 2.56. The van der Waals surface area contributed by atoms with E-state index in [0.717, 1.165) is 38.1 Å². The van der Waals surface area contributed by atoms with Crippen molar-refractivity contribution in [1.82, 2.24) is 10.2 Å². The van der Waals surface area contributed by atoms with Gasteiger partial charge in [-0.15, -0.1) is 0 Å². The molecule has 4 heteroatoms. The number of nitrogens with zero attached hydrogens (tertiary/aromatic N) is 1. The Morgan fingerprint density at radius 2 is 1.95 bits per heavy atom. The molecule has 0 bridgehead atoms. The molecule has 1 unspecified atom stereocenters. The second kappa shape index (κ2) is 6.87. The fourth-order valence-electron chi connectivity index (χ4n) is 2.56. The summed E-state index contributed by atoms with van der Waals surface area (Å²) in [6.07, 6.45) is 3.32. The van der Waals surface area contributed by atoms with Crippen LogP contribution in [0.25, 0.3) is 0 Å². The van der Waals surface area contributed by atoms with Crippen molar-refractivity contribution in [2.75, 3.05) is 20.1 Å². The predicted octanol–water partition coefficient (Wildman–Crippen LogP) is 2.62. The van der Waals surface area contributed by atoms with Crippen LogP contribution in [0.4, 0.5) is 4.39 Å². The fraction of sp³-hybridized carbons (Fsp3) is 0.600. The Morgan fingerprint density at radius 1 is 1.32 bits per heavy atom. The van der Waals surface area contributed by atoms with Crippen molar-refractivity contribution >= 4 is 0 Å². The summed E-state index contributed by atoms with van der Waals surface area (Å²) in [5, 5.41) is 3.33. The lowest BCUT2D eigenvalue weighted by atomic mass is 10.0. The van der Waals surface area contributed by atoms with E-state index < -0.39 is 0 Å². The van der Waals surface area contributed by atoms with Crippen LogP contribution in [0, 0.1) is 5.82 Å². The van der Waals surface area contributed by atoms with Crippen molar-refractivity contribution in [3.05, 3.63) is 30.1 Å². The Kier molecular flexibility index (Phi) is 5.16. The van der Waals surface area contributed by atoms with Crippen LogP contribution in [0.2, 0.25) is 0 Å². The Morgan fingerprint density at radius 3 is 2.47 bits per heavy atom. The molecule has 19 heavy (non-hydrogen) atoms. The summed E-state index contributed by atoms with van der Waals surface area (Å²) in [4.78, 5) is 2.37. The van der Waals surface area contributed by atoms with Gasteiger partial charge in [-0.05, 0) is 50.6 Å². The van der Waals surface area contributed by atoms with E-state index >= 15 is 0 Å². The third-order valence-electron chi connectivity index (χ3n) is 3.78. The minimum atomic E-state index is -0.227. The highest BCUT2D eigenvalue weighted by atomic mass is 19.1. The second-order valence-corrected chi connectivity index (χ2v) is 5.03. The number of halogens is 1. The van der Waals surface area contributed by atoms with Crippen LogP contribution in [-0.4, -0.2) is 37.3 Å². The Bertz CT molecular complexity index is 374. The molecule has 0 radical (unpaired) electrons. The molecule has 1 aromatic rings. The van der Waals surface area contributed by atoms with Crippen LogP contribution in [0.1, 0.15) is 26.2 Å². The van der Waals surface area contributed by atoms with Crippen LogP contribution in [0.15, 0.2) is 24.3 Å². The van der Waals surface area contributed by atoms with Gasteiger partial charge in [-0.2, -0.15) is 0 Å². The monoisotopic (exact) mass is 266 g/mol. The lowest BCUT2D eigenvalue weighted by Gasteiger charge is -2.37. The van der Waals surface area contributed by atoms with Crippen LogP contribution in [0.5, 0.6) is 5.75 Å². The lowest BCUT2D eigenvalue weighted by Crippen LogP contribution is -2.47. The molecule has 1 atom stereocenters. The van der Waals surface area contributed by atoms with Gasteiger partial charge in [0.15, 0.2) is 6.23 Å². The van der Waals surface area contributed by atoms with Crippen LogP contribution in [0.3, 0.4) is 0 Å². The molecule has 1 N–H and O–H groups in total. The molecule has 0 saturated carbocycles. The molecule has 106 valence electrons. The number of benzene rings is 1. The highest BCUT2D eigenvalue weighted by Crippen LogP contribution is 2.19. The highest BCUT2D eigenvalue weighted by Gasteiger charge is 2.24. The Labute approximate surface area is 114 Å². The second-order valence-electron chi connectivity index (χ2n) is 5.03. The van der Waals surface area contributed by atoms with Gasteiger partial charge >= 0.3 is 0 Å². The summed E-state index contributed by atoms with van der Waals surface area (Å²) in [6, 6.07) is 6.89. The summed E-state index contributed by atoms with van der Waals surface area (Å²) in [5.41, 5.74) is 0. The molecular formula is C15H23FN2O. The number of piperidine rings is 1. The summed E-state index contributed by atoms with van der Waals surface area (Å²) >= 11 is 0. The van der Waals surface area contributed by atoms with E-state index in [9.17, 15) is 4.39 Å². The van der Waals surface area contributed by atoms with Crippen molar-refractivity contribution in [1.29, 1.82) is 0 Å². The molecule has 0 amide bonds. The smallest absolute Gasteiger partial charge is 0.152 e. The van der Waals surface area contributed by atoms with Gasteiger partial charge < -0.3 is 10.1 Å². The topological polar surface area (TPSA) is 24.5 Å². The lowest BCUT2D eigenvalue weighted by molar-refractivity contribution is 0.00464. The number of ether oxygens (including phenoxy) is 1. The molecule has 1 saturated heterocycles. The standard InChI is InChI=1S/C15H23FN2O/c1-3-15(18-10-8-13(17-2)9-11-18)19-14-6-4-12(16)5-7-14/h4-7,13,15,17H,3,8-11H2,1-2H3. The zero-order chi connectivity index (χ0) is 13.7. The number of hydrogen-bond acceptors (Lipinski definition) is 3. The maximum absolute atomic E-state index is 12.9. The average Bonchev–Trinajstić information content (AvgIpc) is 2.47. The van der Waals surface area contributed by atoms with E-state index in [1.54, 1.807) is 12.1 Å². The van der Waals surface area contributed by atoms with Crippen molar-refractivity contribution < 1.29 is 9.13 Å². The van der Waals surface area contributed by atoms with E-state index in [0.29, 0.717) is 6.04 Å². The van der Waals surface area contributed by atoms with Gasteiger partial charge in [0.05, 0.1) is 0 Å². The van der Waals surface area contributed by atoms with Crippen LogP contribution < -0.4 is 10.1 Å². The average molecular weight is 266 g/mol. The predicted molar refractivity (Wildman–Crippen MR) is 74.8 cm³/mol. The minimum absolute atomic E-state index is 0.0864. The zero-order valence-electron chi connectivity index (χ0n) is 11.7. The maximum Gasteiger partial charge on any atom is 0.152 e. The van der Waals surface area contributed by atoms with Crippen molar-refractivity contribution in [2.45, 2.75) is 38.5 Å². The molecule has 1 aliphatic rings. The SMILES string of the molecule is CCC(Oc1ccc(F)cc1)N1CCC(NC)CC1. The van der Waals surface area contributed by atoms with Gasteiger partial charge in [0.2, 0.25) is 0 Å². The normalized spacial score (nSPS) is 19.3. The zero-order valence-corrected chi connectivity index (χ0v) is 11.7. The molecule has 1 fully saturated rings. The van der Waals surface area contributed by atoms with E-state index in [2.05, 4.69) is 17.1 Å². The first-order chi connectivity index (χ1) is 9.22.